The van der Waals surface area contributed by atoms with E-state index in [0.717, 1.165) is 11.3 Å². The van der Waals surface area contributed by atoms with E-state index in [2.05, 4.69) is 4.98 Å². The molecule has 1 aromatic rings. The lowest BCUT2D eigenvalue weighted by atomic mass is 10.2. The van der Waals surface area contributed by atoms with Crippen LogP contribution in [-0.2, 0) is 14.8 Å². The fourth-order valence-electron chi connectivity index (χ4n) is 2.13. The van der Waals surface area contributed by atoms with Crippen molar-refractivity contribution < 1.29 is 17.9 Å². The maximum absolute atomic E-state index is 12.6. The number of thiazole rings is 1. The highest BCUT2D eigenvalue weighted by Gasteiger charge is 2.31. The Morgan fingerprint density at radius 3 is 2.57 bits per heavy atom. The molecule has 0 saturated carbocycles. The monoisotopic (exact) mass is 381 g/mol. The molecule has 1 fully saturated rings. The number of sulfonamides is 1. The fraction of sp³-hybridized carbons (Fsp3) is 0.692. The number of hydrogen-bond donors (Lipinski definition) is 0. The van der Waals surface area contributed by atoms with E-state index >= 15 is 0 Å². The molecule has 0 unspecified atom stereocenters. The van der Waals surface area contributed by atoms with Gasteiger partial charge in [-0.1, -0.05) is 22.9 Å². The van der Waals surface area contributed by atoms with Crippen LogP contribution in [0.1, 0.15) is 27.2 Å². The second kappa shape index (κ2) is 6.92. The predicted molar refractivity (Wildman–Crippen MR) is 88.3 cm³/mol. The van der Waals surface area contributed by atoms with Crippen LogP contribution in [0, 0.1) is 0 Å². The standard InChI is InChI=1S/C13H20ClN3O4S2/c1-13(2,3)21-12(18)16-5-4-6-17(8-7-16)23(19,20)10-9-15-11(14)22-10/h9H,4-8H2,1-3H3. The van der Waals surface area contributed by atoms with Crippen LogP contribution in [0.2, 0.25) is 4.47 Å². The van der Waals surface area contributed by atoms with Gasteiger partial charge < -0.3 is 9.64 Å². The van der Waals surface area contributed by atoms with E-state index in [9.17, 15) is 13.2 Å². The molecule has 0 spiro atoms. The van der Waals surface area contributed by atoms with Crippen molar-refractivity contribution >= 4 is 39.1 Å². The maximum Gasteiger partial charge on any atom is 0.410 e. The first-order valence-corrected chi connectivity index (χ1v) is 9.82. The molecule has 0 aromatic carbocycles. The van der Waals surface area contributed by atoms with Crippen molar-refractivity contribution in [1.82, 2.24) is 14.2 Å². The molecule has 130 valence electrons. The van der Waals surface area contributed by atoms with Crippen LogP contribution < -0.4 is 0 Å². The van der Waals surface area contributed by atoms with Crippen LogP contribution in [0.15, 0.2) is 10.4 Å². The van der Waals surface area contributed by atoms with Crippen molar-refractivity contribution in [3.05, 3.63) is 10.7 Å². The molecule has 2 heterocycles. The number of nitrogens with zero attached hydrogens (tertiary/aromatic N) is 3. The minimum absolute atomic E-state index is 0.119. The van der Waals surface area contributed by atoms with Gasteiger partial charge in [0.25, 0.3) is 10.0 Å². The summed E-state index contributed by atoms with van der Waals surface area (Å²) in [5, 5.41) is 0. The molecule has 1 amide bonds. The molecular formula is C13H20ClN3O4S2. The lowest BCUT2D eigenvalue weighted by Crippen LogP contribution is -2.40. The Kier molecular flexibility index (Phi) is 5.55. The molecule has 1 aliphatic rings. The van der Waals surface area contributed by atoms with E-state index in [4.69, 9.17) is 16.3 Å². The largest absolute Gasteiger partial charge is 0.444 e. The summed E-state index contributed by atoms with van der Waals surface area (Å²) in [6.07, 6.45) is 1.39. The minimum atomic E-state index is -3.62. The summed E-state index contributed by atoms with van der Waals surface area (Å²) in [6.45, 7) is 6.71. The van der Waals surface area contributed by atoms with Gasteiger partial charge in [-0.2, -0.15) is 4.31 Å². The first-order chi connectivity index (χ1) is 10.6. The van der Waals surface area contributed by atoms with E-state index < -0.39 is 21.7 Å². The predicted octanol–water partition coefficient (Wildman–Crippen LogP) is 2.43. The second-order valence-corrected chi connectivity index (χ2v) is 9.93. The normalized spacial score (nSPS) is 17.8. The molecule has 0 atom stereocenters. The number of hydrogen-bond acceptors (Lipinski definition) is 6. The second-order valence-electron chi connectivity index (χ2n) is 6.16. The summed E-state index contributed by atoms with van der Waals surface area (Å²) in [5.41, 5.74) is -0.575. The van der Waals surface area contributed by atoms with Crippen molar-refractivity contribution in [3.8, 4) is 0 Å². The van der Waals surface area contributed by atoms with Gasteiger partial charge in [-0.3, -0.25) is 0 Å². The number of carbonyl (C=O) groups is 1. The summed E-state index contributed by atoms with van der Waals surface area (Å²) in [5.74, 6) is 0. The third kappa shape index (κ3) is 4.79. The quantitative estimate of drug-likeness (QED) is 0.785. The van der Waals surface area contributed by atoms with Crippen molar-refractivity contribution in [2.45, 2.75) is 37.0 Å². The third-order valence-corrected chi connectivity index (χ3v) is 6.61. The number of carbonyl (C=O) groups excluding carboxylic acids is 1. The van der Waals surface area contributed by atoms with Crippen LogP contribution in [0.25, 0.3) is 0 Å². The zero-order valence-corrected chi connectivity index (χ0v) is 15.7. The van der Waals surface area contributed by atoms with Crippen LogP contribution in [-0.4, -0.2) is 60.5 Å². The zero-order chi connectivity index (χ0) is 17.3. The average molecular weight is 382 g/mol. The Balaban J connectivity index is 2.05. The Morgan fingerprint density at radius 1 is 1.30 bits per heavy atom. The van der Waals surface area contributed by atoms with Crippen LogP contribution >= 0.6 is 22.9 Å². The van der Waals surface area contributed by atoms with E-state index in [0.29, 0.717) is 26.1 Å². The Labute approximate surface area is 145 Å². The molecular weight excluding hydrogens is 362 g/mol. The molecule has 1 aliphatic heterocycles. The van der Waals surface area contributed by atoms with Gasteiger partial charge in [0.1, 0.15) is 5.60 Å². The van der Waals surface area contributed by atoms with Gasteiger partial charge in [0.05, 0.1) is 6.20 Å². The van der Waals surface area contributed by atoms with E-state index in [-0.39, 0.29) is 15.2 Å². The molecule has 7 nitrogen and oxygen atoms in total. The first-order valence-electron chi connectivity index (χ1n) is 7.19. The number of rotatable bonds is 2. The highest BCUT2D eigenvalue weighted by molar-refractivity contribution is 7.91. The van der Waals surface area contributed by atoms with E-state index in [1.165, 1.54) is 10.5 Å². The Bertz CT molecular complexity index is 669. The molecule has 2 rings (SSSR count). The summed E-state index contributed by atoms with van der Waals surface area (Å²) in [6, 6.07) is 0. The highest BCUT2D eigenvalue weighted by atomic mass is 35.5. The van der Waals surface area contributed by atoms with Crippen LogP contribution in [0.3, 0.4) is 0 Å². The van der Waals surface area contributed by atoms with Gasteiger partial charge >= 0.3 is 6.09 Å². The minimum Gasteiger partial charge on any atom is -0.444 e. The average Bonchev–Trinajstić information content (AvgIpc) is 2.72. The van der Waals surface area contributed by atoms with Gasteiger partial charge in [-0.05, 0) is 27.2 Å². The van der Waals surface area contributed by atoms with Gasteiger partial charge in [-0.15, -0.1) is 0 Å². The van der Waals surface area contributed by atoms with E-state index in [1.807, 2.05) is 0 Å². The fourth-order valence-corrected chi connectivity index (χ4v) is 5.05. The highest BCUT2D eigenvalue weighted by Crippen LogP contribution is 2.26. The molecule has 1 saturated heterocycles. The van der Waals surface area contributed by atoms with Crippen molar-refractivity contribution in [1.29, 1.82) is 0 Å². The lowest BCUT2D eigenvalue weighted by molar-refractivity contribution is 0.0260. The molecule has 10 heteroatoms. The molecule has 0 N–H and O–H groups in total. The molecule has 1 aromatic heterocycles. The number of ether oxygens (including phenoxy) is 1. The van der Waals surface area contributed by atoms with Crippen molar-refractivity contribution in [3.63, 3.8) is 0 Å². The van der Waals surface area contributed by atoms with Gasteiger partial charge in [-0.25, -0.2) is 18.2 Å². The summed E-state index contributed by atoms with van der Waals surface area (Å²) >= 11 is 6.65. The summed E-state index contributed by atoms with van der Waals surface area (Å²) in [7, 11) is -3.62. The molecule has 23 heavy (non-hydrogen) atoms. The van der Waals surface area contributed by atoms with Gasteiger partial charge in [0.15, 0.2) is 8.68 Å². The smallest absolute Gasteiger partial charge is 0.410 e. The van der Waals surface area contributed by atoms with Gasteiger partial charge in [0, 0.05) is 26.2 Å². The first kappa shape index (κ1) is 18.4. The molecule has 0 radical (unpaired) electrons. The zero-order valence-electron chi connectivity index (χ0n) is 13.3. The topological polar surface area (TPSA) is 79.8 Å². The summed E-state index contributed by atoms with van der Waals surface area (Å²) < 4.78 is 32.1. The van der Waals surface area contributed by atoms with Gasteiger partial charge in [0.2, 0.25) is 0 Å². The van der Waals surface area contributed by atoms with E-state index in [1.54, 1.807) is 25.7 Å². The Morgan fingerprint density at radius 2 is 2.00 bits per heavy atom. The lowest BCUT2D eigenvalue weighted by Gasteiger charge is -2.26. The molecule has 0 aliphatic carbocycles. The maximum atomic E-state index is 12.6. The van der Waals surface area contributed by atoms with Crippen LogP contribution in [0.4, 0.5) is 4.79 Å². The third-order valence-electron chi connectivity index (χ3n) is 3.16. The van der Waals surface area contributed by atoms with Crippen molar-refractivity contribution in [2.75, 3.05) is 26.2 Å². The molecule has 0 bridgehead atoms. The Hall–Kier alpha value is -0.900. The number of halogens is 1. The SMILES string of the molecule is CC(C)(C)OC(=O)N1CCCN(S(=O)(=O)c2cnc(Cl)s2)CC1. The number of aromatic nitrogens is 1. The summed E-state index contributed by atoms with van der Waals surface area (Å²) in [4.78, 5) is 17.4. The van der Waals surface area contributed by atoms with Crippen LogP contribution in [0.5, 0.6) is 0 Å². The number of amides is 1. The van der Waals surface area contributed by atoms with Crippen molar-refractivity contribution in [2.24, 2.45) is 0 Å².